The summed E-state index contributed by atoms with van der Waals surface area (Å²) in [5.41, 5.74) is 7.23. The van der Waals surface area contributed by atoms with Gasteiger partial charge in [0, 0.05) is 6.04 Å². The van der Waals surface area contributed by atoms with E-state index in [4.69, 9.17) is 5.73 Å². The van der Waals surface area contributed by atoms with E-state index in [2.05, 4.69) is 18.7 Å². The fourth-order valence-corrected chi connectivity index (χ4v) is 1.35. The standard InChI is InChI=1S/C12H17N/c1-2-3-5-10-12(13)11-8-6-4-7-9-11/h2,4,6-9,12H,1,3,5,10,13H2. The second-order valence-corrected chi connectivity index (χ2v) is 3.24. The van der Waals surface area contributed by atoms with Crippen molar-refractivity contribution >= 4 is 0 Å². The van der Waals surface area contributed by atoms with Crippen LogP contribution in [0.2, 0.25) is 0 Å². The van der Waals surface area contributed by atoms with E-state index in [1.165, 1.54) is 5.56 Å². The first-order chi connectivity index (χ1) is 6.34. The van der Waals surface area contributed by atoms with Gasteiger partial charge in [0.15, 0.2) is 0 Å². The van der Waals surface area contributed by atoms with Crippen LogP contribution in [-0.2, 0) is 0 Å². The van der Waals surface area contributed by atoms with Gasteiger partial charge in [-0.1, -0.05) is 36.4 Å². The predicted octanol–water partition coefficient (Wildman–Crippen LogP) is 3.04. The zero-order valence-electron chi connectivity index (χ0n) is 7.95. The Bertz CT molecular complexity index is 241. The molecule has 0 heterocycles. The molecule has 0 saturated heterocycles. The number of rotatable bonds is 5. The van der Waals surface area contributed by atoms with Crippen LogP contribution in [0, 0.1) is 0 Å². The van der Waals surface area contributed by atoms with Gasteiger partial charge >= 0.3 is 0 Å². The molecule has 0 aromatic heterocycles. The Kier molecular flexibility index (Phi) is 4.27. The van der Waals surface area contributed by atoms with Gasteiger partial charge < -0.3 is 5.73 Å². The maximum absolute atomic E-state index is 6.00. The molecule has 1 rings (SSSR count). The first-order valence-corrected chi connectivity index (χ1v) is 4.76. The SMILES string of the molecule is C=CCCCC(N)c1ccccc1. The Morgan fingerprint density at radius 3 is 2.62 bits per heavy atom. The summed E-state index contributed by atoms with van der Waals surface area (Å²) < 4.78 is 0. The summed E-state index contributed by atoms with van der Waals surface area (Å²) in [6.45, 7) is 3.69. The zero-order valence-corrected chi connectivity index (χ0v) is 7.95. The van der Waals surface area contributed by atoms with Crippen LogP contribution in [0.4, 0.5) is 0 Å². The molecule has 0 spiro atoms. The van der Waals surface area contributed by atoms with Gasteiger partial charge in [0.1, 0.15) is 0 Å². The van der Waals surface area contributed by atoms with Crippen molar-refractivity contribution in [2.75, 3.05) is 0 Å². The molecule has 13 heavy (non-hydrogen) atoms. The Labute approximate surface area is 80.3 Å². The van der Waals surface area contributed by atoms with Gasteiger partial charge in [-0.05, 0) is 24.8 Å². The third-order valence-corrected chi connectivity index (χ3v) is 2.15. The third kappa shape index (κ3) is 3.43. The lowest BCUT2D eigenvalue weighted by atomic mass is 10.0. The van der Waals surface area contributed by atoms with Gasteiger partial charge in [-0.15, -0.1) is 6.58 Å². The molecule has 1 heteroatoms. The molecule has 1 aromatic carbocycles. The van der Waals surface area contributed by atoms with Crippen molar-refractivity contribution in [2.24, 2.45) is 5.73 Å². The van der Waals surface area contributed by atoms with Gasteiger partial charge in [-0.3, -0.25) is 0 Å². The second-order valence-electron chi connectivity index (χ2n) is 3.24. The lowest BCUT2D eigenvalue weighted by Gasteiger charge is -2.10. The lowest BCUT2D eigenvalue weighted by molar-refractivity contribution is 0.617. The quantitative estimate of drug-likeness (QED) is 0.540. The fourth-order valence-electron chi connectivity index (χ4n) is 1.35. The van der Waals surface area contributed by atoms with Crippen molar-refractivity contribution in [1.82, 2.24) is 0 Å². The van der Waals surface area contributed by atoms with Crippen LogP contribution in [-0.4, -0.2) is 0 Å². The van der Waals surface area contributed by atoms with Crippen molar-refractivity contribution in [2.45, 2.75) is 25.3 Å². The maximum Gasteiger partial charge on any atom is 0.0294 e. The summed E-state index contributed by atoms with van der Waals surface area (Å²) in [6.07, 6.45) is 5.16. The lowest BCUT2D eigenvalue weighted by Crippen LogP contribution is -2.09. The number of unbranched alkanes of at least 4 members (excludes halogenated alkanes) is 1. The molecule has 0 fully saturated rings. The highest BCUT2D eigenvalue weighted by Crippen LogP contribution is 2.15. The number of hydrogen-bond acceptors (Lipinski definition) is 1. The fraction of sp³-hybridized carbons (Fsp3) is 0.333. The molecule has 1 atom stereocenters. The van der Waals surface area contributed by atoms with E-state index >= 15 is 0 Å². The molecule has 2 N–H and O–H groups in total. The van der Waals surface area contributed by atoms with Gasteiger partial charge in [0.2, 0.25) is 0 Å². The normalized spacial score (nSPS) is 12.4. The minimum Gasteiger partial charge on any atom is -0.324 e. The van der Waals surface area contributed by atoms with Crippen molar-refractivity contribution in [3.05, 3.63) is 48.6 Å². The van der Waals surface area contributed by atoms with Crippen LogP contribution < -0.4 is 5.73 Å². The Morgan fingerprint density at radius 2 is 2.00 bits per heavy atom. The molecular weight excluding hydrogens is 158 g/mol. The largest absolute Gasteiger partial charge is 0.324 e. The number of benzene rings is 1. The monoisotopic (exact) mass is 175 g/mol. The van der Waals surface area contributed by atoms with E-state index in [9.17, 15) is 0 Å². The van der Waals surface area contributed by atoms with Crippen LogP contribution in [0.5, 0.6) is 0 Å². The molecule has 0 amide bonds. The predicted molar refractivity (Wildman–Crippen MR) is 57.4 cm³/mol. The van der Waals surface area contributed by atoms with E-state index in [1.807, 2.05) is 24.3 Å². The molecule has 0 radical (unpaired) electrons. The summed E-state index contributed by atoms with van der Waals surface area (Å²) in [5.74, 6) is 0. The third-order valence-electron chi connectivity index (χ3n) is 2.15. The van der Waals surface area contributed by atoms with E-state index in [0.717, 1.165) is 19.3 Å². The summed E-state index contributed by atoms with van der Waals surface area (Å²) in [7, 11) is 0. The van der Waals surface area contributed by atoms with Gasteiger partial charge in [0.05, 0.1) is 0 Å². The molecule has 1 nitrogen and oxygen atoms in total. The molecule has 0 bridgehead atoms. The van der Waals surface area contributed by atoms with Crippen LogP contribution >= 0.6 is 0 Å². The maximum atomic E-state index is 6.00. The van der Waals surface area contributed by atoms with Crippen LogP contribution in [0.15, 0.2) is 43.0 Å². The highest BCUT2D eigenvalue weighted by atomic mass is 14.6. The molecule has 0 aliphatic rings. The minimum atomic E-state index is 0.182. The first-order valence-electron chi connectivity index (χ1n) is 4.76. The topological polar surface area (TPSA) is 26.0 Å². The Hall–Kier alpha value is -1.08. The van der Waals surface area contributed by atoms with Crippen molar-refractivity contribution in [1.29, 1.82) is 0 Å². The summed E-state index contributed by atoms with van der Waals surface area (Å²) in [5, 5.41) is 0. The molecule has 1 aromatic rings. The number of nitrogens with two attached hydrogens (primary N) is 1. The number of allylic oxidation sites excluding steroid dienone is 1. The summed E-state index contributed by atoms with van der Waals surface area (Å²) in [6, 6.07) is 10.4. The average Bonchev–Trinajstić information content (AvgIpc) is 2.19. The van der Waals surface area contributed by atoms with E-state index in [-0.39, 0.29) is 6.04 Å². The van der Waals surface area contributed by atoms with Crippen molar-refractivity contribution in [3.8, 4) is 0 Å². The van der Waals surface area contributed by atoms with Crippen LogP contribution in [0.3, 0.4) is 0 Å². The highest BCUT2D eigenvalue weighted by Gasteiger charge is 2.02. The zero-order chi connectivity index (χ0) is 9.52. The van der Waals surface area contributed by atoms with Crippen molar-refractivity contribution < 1.29 is 0 Å². The Morgan fingerprint density at radius 1 is 1.31 bits per heavy atom. The smallest absolute Gasteiger partial charge is 0.0294 e. The molecule has 0 aliphatic heterocycles. The highest BCUT2D eigenvalue weighted by molar-refractivity contribution is 5.18. The number of hydrogen-bond donors (Lipinski definition) is 1. The average molecular weight is 175 g/mol. The van der Waals surface area contributed by atoms with Gasteiger partial charge in [0.25, 0.3) is 0 Å². The molecular formula is C12H17N. The Balaban J connectivity index is 2.39. The van der Waals surface area contributed by atoms with E-state index in [0.29, 0.717) is 0 Å². The van der Waals surface area contributed by atoms with Crippen molar-refractivity contribution in [3.63, 3.8) is 0 Å². The summed E-state index contributed by atoms with van der Waals surface area (Å²) >= 11 is 0. The second kappa shape index (κ2) is 5.55. The van der Waals surface area contributed by atoms with Crippen LogP contribution in [0.1, 0.15) is 30.9 Å². The first kappa shape index (κ1) is 10.0. The molecule has 0 aliphatic carbocycles. The molecule has 0 saturated carbocycles. The van der Waals surface area contributed by atoms with E-state index in [1.54, 1.807) is 0 Å². The minimum absolute atomic E-state index is 0.182. The van der Waals surface area contributed by atoms with Gasteiger partial charge in [-0.2, -0.15) is 0 Å². The van der Waals surface area contributed by atoms with E-state index < -0.39 is 0 Å². The summed E-state index contributed by atoms with van der Waals surface area (Å²) in [4.78, 5) is 0. The van der Waals surface area contributed by atoms with Gasteiger partial charge in [-0.25, -0.2) is 0 Å². The molecule has 70 valence electrons. The van der Waals surface area contributed by atoms with Crippen LogP contribution in [0.25, 0.3) is 0 Å². The molecule has 1 unspecified atom stereocenters.